The van der Waals surface area contributed by atoms with Gasteiger partial charge in [0.25, 0.3) is 0 Å². The number of hydrogen-bond donors (Lipinski definition) is 2. The molecule has 0 saturated carbocycles. The highest BCUT2D eigenvalue weighted by Gasteiger charge is 2.04. The average molecular weight is 347 g/mol. The molecule has 3 rings (SSSR count). The normalized spacial score (nSPS) is 10.3. The van der Waals surface area contributed by atoms with Crippen molar-refractivity contribution in [1.29, 1.82) is 0 Å². The van der Waals surface area contributed by atoms with Gasteiger partial charge >= 0.3 is 0 Å². The first kappa shape index (κ1) is 17.5. The first-order chi connectivity index (χ1) is 12.7. The summed E-state index contributed by atoms with van der Waals surface area (Å²) in [5, 5.41) is 14.3. The number of benzene rings is 2. The number of aromatic nitrogens is 3. The van der Waals surface area contributed by atoms with E-state index >= 15 is 0 Å². The van der Waals surface area contributed by atoms with Gasteiger partial charge in [-0.3, -0.25) is 4.79 Å². The monoisotopic (exact) mass is 347 g/mol. The van der Waals surface area contributed by atoms with E-state index in [1.807, 2.05) is 30.3 Å². The topological polar surface area (TPSA) is 79.8 Å². The predicted molar refractivity (Wildman–Crippen MR) is 103 cm³/mol. The Morgan fingerprint density at radius 2 is 1.92 bits per heavy atom. The summed E-state index contributed by atoms with van der Waals surface area (Å²) in [6.07, 6.45) is 3.53. The molecule has 0 spiro atoms. The number of nitrogens with one attached hydrogen (secondary N) is 2. The fourth-order valence-corrected chi connectivity index (χ4v) is 2.54. The molecule has 0 radical (unpaired) electrons. The minimum atomic E-state index is 0.0234. The number of ketones is 1. The Bertz CT molecular complexity index is 867. The number of carbonyl (C=O) groups is 1. The van der Waals surface area contributed by atoms with Crippen molar-refractivity contribution in [3.8, 4) is 0 Å². The summed E-state index contributed by atoms with van der Waals surface area (Å²) in [6, 6.07) is 17.6. The molecular weight excluding hydrogens is 326 g/mol. The van der Waals surface area contributed by atoms with Crippen molar-refractivity contribution in [1.82, 2.24) is 15.2 Å². The van der Waals surface area contributed by atoms with Crippen LogP contribution in [0.25, 0.3) is 0 Å². The van der Waals surface area contributed by atoms with Crippen LogP contribution in [-0.4, -0.2) is 27.5 Å². The second-order valence-electron chi connectivity index (χ2n) is 5.94. The van der Waals surface area contributed by atoms with Gasteiger partial charge in [-0.15, -0.1) is 5.10 Å². The summed E-state index contributed by atoms with van der Waals surface area (Å²) < 4.78 is 0. The standard InChI is InChI=1S/C20H21N5O/c1-15(26)17-10-5-11-18(13-17)23-19-14-22-25-20(24-19)21-12-6-9-16-7-3-2-4-8-16/h2-5,7-8,10-11,13-14H,6,9,12H2,1H3,(H2,21,23,24,25). The molecule has 132 valence electrons. The quantitative estimate of drug-likeness (QED) is 0.476. The van der Waals surface area contributed by atoms with Crippen LogP contribution in [0.4, 0.5) is 17.5 Å². The lowest BCUT2D eigenvalue weighted by Crippen LogP contribution is -2.08. The van der Waals surface area contributed by atoms with Gasteiger partial charge in [-0.2, -0.15) is 10.1 Å². The molecule has 0 bridgehead atoms. The van der Waals surface area contributed by atoms with E-state index in [1.165, 1.54) is 5.56 Å². The molecule has 0 aliphatic heterocycles. The number of aryl methyl sites for hydroxylation is 1. The van der Waals surface area contributed by atoms with E-state index in [9.17, 15) is 4.79 Å². The molecule has 6 heteroatoms. The lowest BCUT2D eigenvalue weighted by Gasteiger charge is -2.08. The van der Waals surface area contributed by atoms with Gasteiger partial charge in [0.1, 0.15) is 0 Å². The van der Waals surface area contributed by atoms with E-state index in [1.54, 1.807) is 25.3 Å². The van der Waals surface area contributed by atoms with Crippen LogP contribution in [0.15, 0.2) is 60.8 Å². The minimum Gasteiger partial charge on any atom is -0.353 e. The highest BCUT2D eigenvalue weighted by atomic mass is 16.1. The second kappa shape index (κ2) is 8.71. The fraction of sp³-hybridized carbons (Fsp3) is 0.200. The third-order valence-corrected chi connectivity index (χ3v) is 3.87. The zero-order chi connectivity index (χ0) is 18.2. The van der Waals surface area contributed by atoms with Crippen LogP contribution < -0.4 is 10.6 Å². The van der Waals surface area contributed by atoms with Crippen LogP contribution in [0.3, 0.4) is 0 Å². The first-order valence-electron chi connectivity index (χ1n) is 8.56. The van der Waals surface area contributed by atoms with Gasteiger partial charge in [0.2, 0.25) is 5.95 Å². The third kappa shape index (κ3) is 5.11. The smallest absolute Gasteiger partial charge is 0.244 e. The molecule has 1 aromatic heterocycles. The maximum absolute atomic E-state index is 11.5. The van der Waals surface area contributed by atoms with Gasteiger partial charge < -0.3 is 10.6 Å². The Labute approximate surface area is 152 Å². The van der Waals surface area contributed by atoms with Crippen molar-refractivity contribution in [2.24, 2.45) is 0 Å². The van der Waals surface area contributed by atoms with E-state index in [0.29, 0.717) is 17.3 Å². The number of Topliss-reactive ketones (excluding diaryl/α,β-unsaturated/α-hetero) is 1. The summed E-state index contributed by atoms with van der Waals surface area (Å²) in [4.78, 5) is 15.9. The number of rotatable bonds is 8. The largest absolute Gasteiger partial charge is 0.353 e. The number of nitrogens with zero attached hydrogens (tertiary/aromatic N) is 3. The van der Waals surface area contributed by atoms with Gasteiger partial charge in [0.15, 0.2) is 11.6 Å². The molecule has 1 heterocycles. The second-order valence-corrected chi connectivity index (χ2v) is 5.94. The van der Waals surface area contributed by atoms with Gasteiger partial charge in [0, 0.05) is 17.8 Å². The van der Waals surface area contributed by atoms with Crippen molar-refractivity contribution in [2.45, 2.75) is 19.8 Å². The van der Waals surface area contributed by atoms with Crippen LogP contribution in [-0.2, 0) is 6.42 Å². The Morgan fingerprint density at radius 1 is 1.08 bits per heavy atom. The van der Waals surface area contributed by atoms with Crippen molar-refractivity contribution >= 4 is 23.2 Å². The molecule has 2 N–H and O–H groups in total. The summed E-state index contributed by atoms with van der Waals surface area (Å²) >= 11 is 0. The lowest BCUT2D eigenvalue weighted by atomic mass is 10.1. The summed E-state index contributed by atoms with van der Waals surface area (Å²) in [5.41, 5.74) is 2.75. The summed E-state index contributed by atoms with van der Waals surface area (Å²) in [5.74, 6) is 1.08. The van der Waals surface area contributed by atoms with Gasteiger partial charge in [-0.25, -0.2) is 0 Å². The van der Waals surface area contributed by atoms with Gasteiger partial charge in [-0.1, -0.05) is 42.5 Å². The van der Waals surface area contributed by atoms with Crippen molar-refractivity contribution in [3.05, 3.63) is 71.9 Å². The Balaban J connectivity index is 1.54. The highest BCUT2D eigenvalue weighted by molar-refractivity contribution is 5.95. The van der Waals surface area contributed by atoms with Crippen LogP contribution >= 0.6 is 0 Å². The van der Waals surface area contributed by atoms with E-state index in [2.05, 4.69) is 37.9 Å². The van der Waals surface area contributed by atoms with Crippen LogP contribution in [0.5, 0.6) is 0 Å². The van der Waals surface area contributed by atoms with Crippen LogP contribution in [0.1, 0.15) is 29.3 Å². The number of hydrogen-bond acceptors (Lipinski definition) is 6. The van der Waals surface area contributed by atoms with Gasteiger partial charge in [0.05, 0.1) is 6.20 Å². The molecule has 0 aliphatic carbocycles. The lowest BCUT2D eigenvalue weighted by molar-refractivity contribution is 0.101. The van der Waals surface area contributed by atoms with Crippen LogP contribution in [0.2, 0.25) is 0 Å². The van der Waals surface area contributed by atoms with E-state index in [-0.39, 0.29) is 5.78 Å². The molecular formula is C20H21N5O. The third-order valence-electron chi connectivity index (χ3n) is 3.87. The molecule has 0 saturated heterocycles. The molecule has 3 aromatic rings. The minimum absolute atomic E-state index is 0.0234. The molecule has 0 amide bonds. The van der Waals surface area contributed by atoms with Gasteiger partial charge in [-0.05, 0) is 37.5 Å². The first-order valence-corrected chi connectivity index (χ1v) is 8.56. The van der Waals surface area contributed by atoms with E-state index < -0.39 is 0 Å². The summed E-state index contributed by atoms with van der Waals surface area (Å²) in [6.45, 7) is 2.31. The van der Waals surface area contributed by atoms with Crippen LogP contribution in [0, 0.1) is 0 Å². The molecule has 2 aromatic carbocycles. The van der Waals surface area contributed by atoms with E-state index in [4.69, 9.17) is 0 Å². The molecule has 26 heavy (non-hydrogen) atoms. The molecule has 0 fully saturated rings. The van der Waals surface area contributed by atoms with Crippen molar-refractivity contribution in [2.75, 3.05) is 17.2 Å². The maximum atomic E-state index is 11.5. The van der Waals surface area contributed by atoms with Crippen molar-refractivity contribution < 1.29 is 4.79 Å². The molecule has 0 aliphatic rings. The summed E-state index contributed by atoms with van der Waals surface area (Å²) in [7, 11) is 0. The van der Waals surface area contributed by atoms with E-state index in [0.717, 1.165) is 25.1 Å². The number of anilines is 3. The zero-order valence-corrected chi connectivity index (χ0v) is 14.6. The maximum Gasteiger partial charge on any atom is 0.244 e. The number of carbonyl (C=O) groups excluding carboxylic acids is 1. The fourth-order valence-electron chi connectivity index (χ4n) is 2.54. The van der Waals surface area contributed by atoms with Crippen molar-refractivity contribution in [3.63, 3.8) is 0 Å². The Hall–Kier alpha value is -3.28. The average Bonchev–Trinajstić information content (AvgIpc) is 2.67. The SMILES string of the molecule is CC(=O)c1cccc(Nc2cnnc(NCCCc3ccccc3)n2)c1. The molecule has 0 atom stereocenters. The Kier molecular flexibility index (Phi) is 5.88. The molecule has 6 nitrogen and oxygen atoms in total. The zero-order valence-electron chi connectivity index (χ0n) is 14.6. The molecule has 0 unspecified atom stereocenters. The Morgan fingerprint density at radius 3 is 2.73 bits per heavy atom. The highest BCUT2D eigenvalue weighted by Crippen LogP contribution is 2.16. The predicted octanol–water partition coefficient (Wildman–Crippen LogP) is 3.86.